The second-order valence-electron chi connectivity index (χ2n) is 8.10. The molecule has 2 aromatic heterocycles. The number of benzene rings is 1. The summed E-state index contributed by atoms with van der Waals surface area (Å²) >= 11 is 0. The lowest BCUT2D eigenvalue weighted by Gasteiger charge is -2.38. The molecule has 0 radical (unpaired) electrons. The molecule has 1 aromatic carbocycles. The number of aromatic nitrogens is 5. The number of ether oxygens (including phenoxy) is 1. The Hall–Kier alpha value is -3.57. The highest BCUT2D eigenvalue weighted by molar-refractivity contribution is 5.98. The predicted octanol–water partition coefficient (Wildman–Crippen LogP) is 3.29. The average molecular weight is 462 g/mol. The fourth-order valence-corrected chi connectivity index (χ4v) is 4.73. The number of hydrogen-bond donors (Lipinski definition) is 0. The molecule has 172 valence electrons. The quantitative estimate of drug-likeness (QED) is 0.554. The number of fused-ring (bicyclic) bond motifs is 2. The van der Waals surface area contributed by atoms with Crippen LogP contribution in [0.5, 0.6) is 5.88 Å². The molecule has 2 aliphatic rings. The lowest BCUT2D eigenvalue weighted by Crippen LogP contribution is -2.51. The van der Waals surface area contributed by atoms with Gasteiger partial charge in [0.1, 0.15) is 23.2 Å². The second kappa shape index (κ2) is 7.78. The van der Waals surface area contributed by atoms with Gasteiger partial charge in [-0.2, -0.15) is 28.2 Å². The monoisotopic (exact) mass is 462 g/mol. The van der Waals surface area contributed by atoms with Gasteiger partial charge in [-0.15, -0.1) is 0 Å². The van der Waals surface area contributed by atoms with Gasteiger partial charge in [-0.3, -0.25) is 4.79 Å². The van der Waals surface area contributed by atoms with Crippen molar-refractivity contribution in [3.63, 3.8) is 0 Å². The Morgan fingerprint density at radius 3 is 2.52 bits per heavy atom. The van der Waals surface area contributed by atoms with Gasteiger partial charge in [0.25, 0.3) is 5.91 Å². The van der Waals surface area contributed by atoms with E-state index in [0.717, 1.165) is 6.20 Å². The van der Waals surface area contributed by atoms with Crippen LogP contribution in [0.3, 0.4) is 0 Å². The molecular formula is C21H18F4N6O2. The molecule has 2 bridgehead atoms. The second-order valence-corrected chi connectivity index (χ2v) is 8.10. The number of halogens is 4. The molecule has 12 heteroatoms. The van der Waals surface area contributed by atoms with E-state index in [1.54, 1.807) is 11.0 Å². The SMILES string of the molecule is CC1C2CC([C@@H](Oc3cnc(C(F)(F)F)cn3)C2)N1C(=O)c1c(F)cccc1-n1nccn1. The average Bonchev–Trinajstić information content (AvgIpc) is 3.50. The molecule has 4 atom stereocenters. The van der Waals surface area contributed by atoms with Crippen molar-refractivity contribution in [2.45, 2.75) is 44.1 Å². The summed E-state index contributed by atoms with van der Waals surface area (Å²) in [7, 11) is 0. The predicted molar refractivity (Wildman–Crippen MR) is 105 cm³/mol. The molecule has 33 heavy (non-hydrogen) atoms. The van der Waals surface area contributed by atoms with Crippen molar-refractivity contribution in [3.8, 4) is 11.6 Å². The minimum absolute atomic E-state index is 0.0621. The third-order valence-corrected chi connectivity index (χ3v) is 6.25. The Labute approximate surface area is 185 Å². The minimum atomic E-state index is -4.60. The first-order chi connectivity index (χ1) is 15.7. The third kappa shape index (κ3) is 3.68. The van der Waals surface area contributed by atoms with Crippen molar-refractivity contribution < 1.29 is 27.1 Å². The van der Waals surface area contributed by atoms with Crippen LogP contribution in [0.25, 0.3) is 5.69 Å². The van der Waals surface area contributed by atoms with Crippen LogP contribution in [0.15, 0.2) is 43.0 Å². The maximum atomic E-state index is 14.8. The molecular weight excluding hydrogens is 444 g/mol. The largest absolute Gasteiger partial charge is 0.471 e. The van der Waals surface area contributed by atoms with Crippen LogP contribution in [-0.2, 0) is 6.18 Å². The van der Waals surface area contributed by atoms with E-state index < -0.39 is 29.7 Å². The Kier molecular flexibility index (Phi) is 5.02. The lowest BCUT2D eigenvalue weighted by atomic mass is 9.98. The Bertz CT molecular complexity index is 1170. The van der Waals surface area contributed by atoms with Gasteiger partial charge in [-0.25, -0.2) is 14.4 Å². The van der Waals surface area contributed by atoms with Crippen molar-refractivity contribution in [1.29, 1.82) is 0 Å². The van der Waals surface area contributed by atoms with Crippen LogP contribution in [0.4, 0.5) is 17.6 Å². The summed E-state index contributed by atoms with van der Waals surface area (Å²) in [5.41, 5.74) is -1.06. The van der Waals surface area contributed by atoms with Crippen molar-refractivity contribution in [2.24, 2.45) is 5.92 Å². The van der Waals surface area contributed by atoms with Gasteiger partial charge in [0.2, 0.25) is 5.88 Å². The van der Waals surface area contributed by atoms with Crippen LogP contribution in [-0.4, -0.2) is 54.0 Å². The van der Waals surface area contributed by atoms with Crippen molar-refractivity contribution in [1.82, 2.24) is 29.9 Å². The van der Waals surface area contributed by atoms with Crippen molar-refractivity contribution in [3.05, 3.63) is 60.1 Å². The summed E-state index contributed by atoms with van der Waals surface area (Å²) in [5, 5.41) is 8.02. The molecule has 8 nitrogen and oxygen atoms in total. The first-order valence-corrected chi connectivity index (χ1v) is 10.3. The highest BCUT2D eigenvalue weighted by Crippen LogP contribution is 2.45. The summed E-state index contributed by atoms with van der Waals surface area (Å²) in [6.07, 6.45) is 0.512. The van der Waals surface area contributed by atoms with Gasteiger partial charge in [0, 0.05) is 6.04 Å². The van der Waals surface area contributed by atoms with Crippen molar-refractivity contribution >= 4 is 5.91 Å². The van der Waals surface area contributed by atoms with E-state index in [1.165, 1.54) is 29.3 Å². The molecule has 1 aliphatic heterocycles. The van der Waals surface area contributed by atoms with Gasteiger partial charge in [0.15, 0.2) is 5.69 Å². The number of alkyl halides is 3. The van der Waals surface area contributed by atoms with Crippen LogP contribution >= 0.6 is 0 Å². The Morgan fingerprint density at radius 1 is 1.12 bits per heavy atom. The number of carbonyl (C=O) groups excluding carboxylic acids is 1. The fourth-order valence-electron chi connectivity index (χ4n) is 4.73. The van der Waals surface area contributed by atoms with Gasteiger partial charge in [0.05, 0.1) is 30.8 Å². The molecule has 3 unspecified atom stereocenters. The first kappa shape index (κ1) is 21.3. The van der Waals surface area contributed by atoms with E-state index in [-0.39, 0.29) is 35.1 Å². The summed E-state index contributed by atoms with van der Waals surface area (Å²) in [4.78, 5) is 23.4. The van der Waals surface area contributed by atoms with Crippen LogP contribution in [0, 0.1) is 11.7 Å². The van der Waals surface area contributed by atoms with E-state index in [1.807, 2.05) is 6.92 Å². The maximum absolute atomic E-state index is 14.8. The zero-order valence-corrected chi connectivity index (χ0v) is 17.3. The van der Waals surface area contributed by atoms with E-state index in [9.17, 15) is 22.4 Å². The molecule has 2 fully saturated rings. The van der Waals surface area contributed by atoms with Gasteiger partial charge in [-0.05, 0) is 37.8 Å². The molecule has 3 aromatic rings. The smallest absolute Gasteiger partial charge is 0.434 e. The normalized spacial score (nSPS) is 24.3. The summed E-state index contributed by atoms with van der Waals surface area (Å²) in [6.45, 7) is 1.89. The van der Waals surface area contributed by atoms with Crippen LogP contribution < -0.4 is 4.74 Å². The number of piperidine rings is 1. The number of likely N-dealkylation sites (tertiary alicyclic amines) is 1. The molecule has 0 N–H and O–H groups in total. The van der Waals surface area contributed by atoms with Crippen molar-refractivity contribution in [2.75, 3.05) is 0 Å². The van der Waals surface area contributed by atoms with Crippen LogP contribution in [0.1, 0.15) is 35.8 Å². The molecule has 1 saturated heterocycles. The summed E-state index contributed by atoms with van der Waals surface area (Å²) < 4.78 is 58.8. The highest BCUT2D eigenvalue weighted by atomic mass is 19.4. The summed E-state index contributed by atoms with van der Waals surface area (Å²) in [6, 6.07) is 3.67. The van der Waals surface area contributed by atoms with Crippen LogP contribution in [0.2, 0.25) is 0 Å². The van der Waals surface area contributed by atoms with Gasteiger partial charge < -0.3 is 9.64 Å². The Balaban J connectivity index is 1.41. The van der Waals surface area contributed by atoms with E-state index in [0.29, 0.717) is 19.0 Å². The third-order valence-electron chi connectivity index (χ3n) is 6.25. The molecule has 1 saturated carbocycles. The zero-order chi connectivity index (χ0) is 23.3. The summed E-state index contributed by atoms with van der Waals surface area (Å²) in [5.74, 6) is -1.18. The topological polar surface area (TPSA) is 86.0 Å². The van der Waals surface area contributed by atoms with Gasteiger partial charge >= 0.3 is 6.18 Å². The number of nitrogens with zero attached hydrogens (tertiary/aromatic N) is 6. The molecule has 0 spiro atoms. The molecule has 3 heterocycles. The molecule has 5 rings (SSSR count). The minimum Gasteiger partial charge on any atom is -0.471 e. The zero-order valence-electron chi connectivity index (χ0n) is 17.3. The first-order valence-electron chi connectivity index (χ1n) is 10.3. The molecule has 1 amide bonds. The number of rotatable bonds is 4. The van der Waals surface area contributed by atoms with E-state index in [4.69, 9.17) is 4.74 Å². The van der Waals surface area contributed by atoms with E-state index >= 15 is 0 Å². The van der Waals surface area contributed by atoms with E-state index in [2.05, 4.69) is 20.2 Å². The number of carbonyl (C=O) groups is 1. The van der Waals surface area contributed by atoms with Gasteiger partial charge in [-0.1, -0.05) is 6.07 Å². The maximum Gasteiger partial charge on any atom is 0.434 e. The lowest BCUT2D eigenvalue weighted by molar-refractivity contribution is -0.141. The number of hydrogen-bond acceptors (Lipinski definition) is 6. The standard InChI is InChI=1S/C21H18F4N6O2/c1-11-12-7-15(16(8-12)33-18-10-26-17(9-27-18)21(23,24)25)30(11)20(32)19-13(22)3-2-4-14(19)31-28-5-6-29-31/h2-6,9-12,15-16H,7-8H2,1H3/t11?,12?,15?,16-/m0/s1. The Morgan fingerprint density at radius 2 is 1.88 bits per heavy atom. The number of amides is 1. The highest BCUT2D eigenvalue weighted by Gasteiger charge is 2.53. The fraction of sp³-hybridized carbons (Fsp3) is 0.381. The molecule has 1 aliphatic carbocycles.